The number of hydrogen-bond donors (Lipinski definition) is 2. The highest BCUT2D eigenvalue weighted by Gasteiger charge is 2.64. The number of rotatable bonds is 5. The number of halogens is 3. The number of carboxylic acids is 1. The Morgan fingerprint density at radius 1 is 1.45 bits per heavy atom. The van der Waals surface area contributed by atoms with E-state index in [0.29, 0.717) is 6.42 Å². The molecule has 2 unspecified atom stereocenters. The lowest BCUT2D eigenvalue weighted by Crippen LogP contribution is -2.48. The van der Waals surface area contributed by atoms with Gasteiger partial charge in [0.1, 0.15) is 0 Å². The molecular formula is C12H19F3N2O3. The Kier molecular flexibility index (Phi) is 5.01. The summed E-state index contributed by atoms with van der Waals surface area (Å²) in [6.45, 7) is 0.853. The first kappa shape index (κ1) is 16.7. The van der Waals surface area contributed by atoms with Gasteiger partial charge in [-0.1, -0.05) is 13.3 Å². The van der Waals surface area contributed by atoms with Gasteiger partial charge in [0.15, 0.2) is 5.41 Å². The summed E-state index contributed by atoms with van der Waals surface area (Å²) in [5, 5.41) is 8.88. The van der Waals surface area contributed by atoms with E-state index in [0.717, 1.165) is 11.3 Å². The van der Waals surface area contributed by atoms with Crippen LogP contribution in [-0.4, -0.2) is 47.2 Å². The van der Waals surface area contributed by atoms with Crippen LogP contribution in [0.1, 0.15) is 32.6 Å². The van der Waals surface area contributed by atoms with Gasteiger partial charge in [-0.2, -0.15) is 13.2 Å². The summed E-state index contributed by atoms with van der Waals surface area (Å²) in [4.78, 5) is 23.8. The van der Waals surface area contributed by atoms with Crippen molar-refractivity contribution in [1.29, 1.82) is 0 Å². The highest BCUT2D eigenvalue weighted by molar-refractivity contribution is 5.81. The molecule has 5 nitrogen and oxygen atoms in total. The molecule has 1 aliphatic heterocycles. The molecule has 2 atom stereocenters. The van der Waals surface area contributed by atoms with Crippen LogP contribution in [0.5, 0.6) is 0 Å². The second-order valence-electron chi connectivity index (χ2n) is 5.20. The lowest BCUT2D eigenvalue weighted by Gasteiger charge is -2.27. The molecule has 0 aromatic rings. The van der Waals surface area contributed by atoms with Crippen molar-refractivity contribution in [3.05, 3.63) is 0 Å². The standard InChI is InChI=1S/C12H19F3N2O3/c1-2-3-8(16)6-9(18)17-5-4-11(7-17,10(19)20)12(13,14)15/h8H,2-7,16H2,1H3,(H,19,20). The highest BCUT2D eigenvalue weighted by Crippen LogP contribution is 2.45. The number of aliphatic carboxylic acids is 1. The Bertz CT molecular complexity index is 387. The molecule has 0 radical (unpaired) electrons. The Labute approximate surface area is 114 Å². The summed E-state index contributed by atoms with van der Waals surface area (Å²) in [5.74, 6) is -2.45. The maximum absolute atomic E-state index is 12.9. The van der Waals surface area contributed by atoms with Crippen molar-refractivity contribution in [2.45, 2.75) is 44.8 Å². The summed E-state index contributed by atoms with van der Waals surface area (Å²) in [5.41, 5.74) is 2.83. The van der Waals surface area contributed by atoms with Gasteiger partial charge < -0.3 is 15.7 Å². The number of alkyl halides is 3. The van der Waals surface area contributed by atoms with Crippen LogP contribution in [0.3, 0.4) is 0 Å². The average Bonchev–Trinajstić information content (AvgIpc) is 2.74. The molecule has 116 valence electrons. The quantitative estimate of drug-likeness (QED) is 0.802. The number of carboxylic acid groups (broad SMARTS) is 1. The van der Waals surface area contributed by atoms with Crippen molar-refractivity contribution in [2.75, 3.05) is 13.1 Å². The largest absolute Gasteiger partial charge is 0.481 e. The fourth-order valence-corrected chi connectivity index (χ4v) is 2.38. The van der Waals surface area contributed by atoms with Gasteiger partial charge in [0, 0.05) is 25.6 Å². The van der Waals surface area contributed by atoms with E-state index in [4.69, 9.17) is 10.8 Å². The van der Waals surface area contributed by atoms with E-state index in [1.54, 1.807) is 0 Å². The van der Waals surface area contributed by atoms with Crippen LogP contribution < -0.4 is 5.73 Å². The van der Waals surface area contributed by atoms with E-state index in [1.165, 1.54) is 0 Å². The van der Waals surface area contributed by atoms with Gasteiger partial charge in [-0.3, -0.25) is 9.59 Å². The van der Waals surface area contributed by atoms with Crippen molar-refractivity contribution in [3.8, 4) is 0 Å². The molecule has 3 N–H and O–H groups in total. The summed E-state index contributed by atoms with van der Waals surface area (Å²) >= 11 is 0. The Balaban J connectivity index is 2.75. The number of hydrogen-bond acceptors (Lipinski definition) is 3. The zero-order chi connectivity index (χ0) is 15.6. The molecule has 20 heavy (non-hydrogen) atoms. The Morgan fingerprint density at radius 3 is 2.45 bits per heavy atom. The van der Waals surface area contributed by atoms with E-state index in [1.807, 2.05) is 6.92 Å². The van der Waals surface area contributed by atoms with Crippen molar-refractivity contribution in [2.24, 2.45) is 11.1 Å². The summed E-state index contributed by atoms with van der Waals surface area (Å²) in [7, 11) is 0. The minimum atomic E-state index is -4.88. The van der Waals surface area contributed by atoms with E-state index in [2.05, 4.69) is 0 Å². The fourth-order valence-electron chi connectivity index (χ4n) is 2.38. The molecule has 0 aromatic heterocycles. The van der Waals surface area contributed by atoms with Crippen LogP contribution >= 0.6 is 0 Å². The molecule has 0 bridgehead atoms. The lowest BCUT2D eigenvalue weighted by molar-refractivity contribution is -0.227. The zero-order valence-electron chi connectivity index (χ0n) is 11.2. The van der Waals surface area contributed by atoms with E-state index < -0.39 is 42.5 Å². The molecule has 1 amide bonds. The van der Waals surface area contributed by atoms with Gasteiger partial charge in [-0.15, -0.1) is 0 Å². The maximum Gasteiger partial charge on any atom is 0.406 e. The van der Waals surface area contributed by atoms with E-state index in [-0.39, 0.29) is 13.0 Å². The SMILES string of the molecule is CCCC(N)CC(=O)N1CCC(C(=O)O)(C(F)(F)F)C1. The van der Waals surface area contributed by atoms with Crippen molar-refractivity contribution >= 4 is 11.9 Å². The third-order valence-corrected chi connectivity index (χ3v) is 3.67. The first-order valence-electron chi connectivity index (χ1n) is 6.47. The van der Waals surface area contributed by atoms with Crippen LogP contribution in [0, 0.1) is 5.41 Å². The second kappa shape index (κ2) is 5.99. The number of nitrogens with two attached hydrogens (primary N) is 1. The molecule has 8 heteroatoms. The molecule has 1 saturated heterocycles. The molecule has 0 saturated carbocycles. The Hall–Kier alpha value is -1.31. The second-order valence-corrected chi connectivity index (χ2v) is 5.20. The van der Waals surface area contributed by atoms with Crippen LogP contribution in [0.4, 0.5) is 13.2 Å². The molecule has 0 spiro atoms. The van der Waals surface area contributed by atoms with E-state index in [9.17, 15) is 22.8 Å². The molecule has 1 aliphatic rings. The van der Waals surface area contributed by atoms with Crippen molar-refractivity contribution < 1.29 is 27.9 Å². The summed E-state index contributed by atoms with van der Waals surface area (Å²) in [6.07, 6.45) is -4.17. The number of amides is 1. The summed E-state index contributed by atoms with van der Waals surface area (Å²) < 4.78 is 38.8. The summed E-state index contributed by atoms with van der Waals surface area (Å²) in [6, 6.07) is -0.404. The van der Waals surface area contributed by atoms with Crippen molar-refractivity contribution in [1.82, 2.24) is 4.90 Å². The minimum absolute atomic E-state index is 0.0542. The molecule has 1 rings (SSSR count). The minimum Gasteiger partial charge on any atom is -0.481 e. The van der Waals surface area contributed by atoms with Gasteiger partial charge in [0.05, 0.1) is 0 Å². The first-order chi connectivity index (χ1) is 9.14. The normalized spacial score (nSPS) is 24.8. The number of likely N-dealkylation sites (tertiary alicyclic amines) is 1. The van der Waals surface area contributed by atoms with Gasteiger partial charge in [0.2, 0.25) is 5.91 Å². The monoisotopic (exact) mass is 296 g/mol. The first-order valence-corrected chi connectivity index (χ1v) is 6.47. The fraction of sp³-hybridized carbons (Fsp3) is 0.833. The molecular weight excluding hydrogens is 277 g/mol. The van der Waals surface area contributed by atoms with Gasteiger partial charge in [-0.05, 0) is 12.8 Å². The third-order valence-electron chi connectivity index (χ3n) is 3.67. The number of carbonyl (C=O) groups excluding carboxylic acids is 1. The lowest BCUT2D eigenvalue weighted by atomic mass is 9.86. The molecule has 0 aliphatic carbocycles. The predicted octanol–water partition coefficient (Wildman–Crippen LogP) is 1.37. The topological polar surface area (TPSA) is 83.6 Å². The van der Waals surface area contributed by atoms with Gasteiger partial charge in [-0.25, -0.2) is 0 Å². The maximum atomic E-state index is 12.9. The average molecular weight is 296 g/mol. The predicted molar refractivity (Wildman–Crippen MR) is 64.8 cm³/mol. The van der Waals surface area contributed by atoms with E-state index >= 15 is 0 Å². The molecule has 0 aromatic carbocycles. The smallest absolute Gasteiger partial charge is 0.406 e. The molecule has 1 fully saturated rings. The van der Waals surface area contributed by atoms with Gasteiger partial charge in [0.25, 0.3) is 0 Å². The third kappa shape index (κ3) is 3.23. The zero-order valence-corrected chi connectivity index (χ0v) is 11.2. The number of carbonyl (C=O) groups is 2. The van der Waals surface area contributed by atoms with Crippen LogP contribution in [0.15, 0.2) is 0 Å². The number of nitrogens with zero attached hydrogens (tertiary/aromatic N) is 1. The highest BCUT2D eigenvalue weighted by atomic mass is 19.4. The van der Waals surface area contributed by atoms with Crippen LogP contribution in [-0.2, 0) is 9.59 Å². The van der Waals surface area contributed by atoms with Crippen molar-refractivity contribution in [3.63, 3.8) is 0 Å². The van der Waals surface area contributed by atoms with Gasteiger partial charge >= 0.3 is 12.1 Å². The van der Waals surface area contributed by atoms with Crippen LogP contribution in [0.2, 0.25) is 0 Å². The van der Waals surface area contributed by atoms with Crippen LogP contribution in [0.25, 0.3) is 0 Å². The Morgan fingerprint density at radius 2 is 2.05 bits per heavy atom. The molecule has 1 heterocycles.